The van der Waals surface area contributed by atoms with Crippen molar-refractivity contribution in [3.63, 3.8) is 0 Å². The molecule has 1 amide bonds. The quantitative estimate of drug-likeness (QED) is 0.745. The molecule has 0 radical (unpaired) electrons. The molecule has 1 N–H and O–H groups in total. The van der Waals surface area contributed by atoms with E-state index >= 15 is 0 Å². The largest absolute Gasteiger partial charge is 0.494 e. The Kier molecular flexibility index (Phi) is 6.62. The third-order valence-corrected chi connectivity index (χ3v) is 6.45. The summed E-state index contributed by atoms with van der Waals surface area (Å²) in [5.74, 6) is 0.517. The van der Waals surface area contributed by atoms with Gasteiger partial charge in [-0.25, -0.2) is 4.39 Å². The van der Waals surface area contributed by atoms with Crippen LogP contribution in [0.4, 0.5) is 4.39 Å². The summed E-state index contributed by atoms with van der Waals surface area (Å²) in [6, 6.07) is 11.0. The first-order chi connectivity index (χ1) is 14.7. The van der Waals surface area contributed by atoms with Crippen molar-refractivity contribution in [2.24, 2.45) is 11.8 Å². The van der Waals surface area contributed by atoms with E-state index in [4.69, 9.17) is 4.74 Å². The molecule has 1 aromatic heterocycles. The van der Waals surface area contributed by atoms with Crippen LogP contribution in [-0.2, 0) is 11.3 Å². The number of halogens is 1. The van der Waals surface area contributed by atoms with Crippen LogP contribution in [0, 0.1) is 17.7 Å². The molecule has 30 heavy (non-hydrogen) atoms. The van der Waals surface area contributed by atoms with E-state index in [0.717, 1.165) is 50.9 Å². The number of amides is 1. The van der Waals surface area contributed by atoms with Crippen LogP contribution in [0.3, 0.4) is 0 Å². The molecule has 0 spiro atoms. The number of methoxy groups -OCH3 is 1. The number of hydrogen-bond donors (Lipinski definition) is 1. The highest BCUT2D eigenvalue weighted by molar-refractivity contribution is 5.79. The molecular formula is C24H30FN3O2. The van der Waals surface area contributed by atoms with Crippen LogP contribution in [0.2, 0.25) is 0 Å². The molecule has 5 nitrogen and oxygen atoms in total. The Morgan fingerprint density at radius 2 is 2.10 bits per heavy atom. The summed E-state index contributed by atoms with van der Waals surface area (Å²) in [7, 11) is 1.49. The number of piperidine rings is 1. The van der Waals surface area contributed by atoms with E-state index in [1.807, 2.05) is 30.3 Å². The molecule has 2 unspecified atom stereocenters. The van der Waals surface area contributed by atoms with E-state index in [1.54, 1.807) is 12.3 Å². The maximum Gasteiger partial charge on any atom is 0.223 e. The van der Waals surface area contributed by atoms with E-state index in [-0.39, 0.29) is 35.4 Å². The Labute approximate surface area is 177 Å². The average molecular weight is 412 g/mol. The maximum absolute atomic E-state index is 14.6. The number of hydrogen-bond acceptors (Lipinski definition) is 4. The van der Waals surface area contributed by atoms with Gasteiger partial charge in [-0.3, -0.25) is 14.7 Å². The standard InChI is InChI=1S/C24H30FN3O2/c1-30-21-12-5-9-18(22(21)25)15-28-14-6-10-19(16-28)23(20-11-2-3-13-26-20)27-24(29)17-7-4-8-17/h2-3,5,9,11-13,17,19,23H,4,6-8,10,14-16H2,1H3,(H,27,29). The van der Waals surface area contributed by atoms with Crippen LogP contribution in [0.25, 0.3) is 0 Å². The summed E-state index contributed by atoms with van der Waals surface area (Å²) in [6.45, 7) is 2.24. The van der Waals surface area contributed by atoms with Crippen LogP contribution in [0.15, 0.2) is 42.6 Å². The van der Waals surface area contributed by atoms with Crippen LogP contribution >= 0.6 is 0 Å². The van der Waals surface area contributed by atoms with E-state index in [1.165, 1.54) is 7.11 Å². The lowest BCUT2D eigenvalue weighted by molar-refractivity contribution is -0.128. The average Bonchev–Trinajstić information content (AvgIpc) is 2.73. The number of benzene rings is 1. The number of carbonyl (C=O) groups is 1. The van der Waals surface area contributed by atoms with Gasteiger partial charge in [-0.1, -0.05) is 24.6 Å². The van der Waals surface area contributed by atoms with Crippen molar-refractivity contribution in [3.05, 3.63) is 59.7 Å². The number of rotatable bonds is 7. The highest BCUT2D eigenvalue weighted by Crippen LogP contribution is 2.33. The summed E-state index contributed by atoms with van der Waals surface area (Å²) in [6.07, 6.45) is 6.90. The molecule has 1 aliphatic heterocycles. The maximum atomic E-state index is 14.6. The third kappa shape index (κ3) is 4.64. The SMILES string of the molecule is COc1cccc(CN2CCCC(C(NC(=O)C3CCC3)c3ccccn3)C2)c1F. The highest BCUT2D eigenvalue weighted by Gasteiger charge is 2.33. The second-order valence-electron chi connectivity index (χ2n) is 8.44. The zero-order valence-electron chi connectivity index (χ0n) is 17.5. The Hall–Kier alpha value is -2.47. The van der Waals surface area contributed by atoms with Crippen molar-refractivity contribution in [1.82, 2.24) is 15.2 Å². The summed E-state index contributed by atoms with van der Waals surface area (Å²) in [5.41, 5.74) is 1.55. The van der Waals surface area contributed by atoms with Gasteiger partial charge in [-0.2, -0.15) is 0 Å². The number of pyridine rings is 1. The predicted octanol–water partition coefficient (Wildman–Crippen LogP) is 4.10. The number of aromatic nitrogens is 1. The third-order valence-electron chi connectivity index (χ3n) is 6.45. The van der Waals surface area contributed by atoms with Crippen LogP contribution < -0.4 is 10.1 Å². The fourth-order valence-electron chi connectivity index (χ4n) is 4.52. The lowest BCUT2D eigenvalue weighted by Gasteiger charge is -2.38. The molecule has 2 atom stereocenters. The Morgan fingerprint density at radius 1 is 1.23 bits per heavy atom. The number of nitrogens with zero attached hydrogens (tertiary/aromatic N) is 2. The van der Waals surface area contributed by atoms with E-state index in [0.29, 0.717) is 12.1 Å². The molecule has 2 aliphatic rings. The lowest BCUT2D eigenvalue weighted by atomic mass is 9.83. The zero-order valence-corrected chi connectivity index (χ0v) is 17.5. The molecule has 2 aromatic rings. The zero-order chi connectivity index (χ0) is 20.9. The molecule has 2 fully saturated rings. The molecule has 160 valence electrons. The molecule has 6 heteroatoms. The van der Waals surface area contributed by atoms with Gasteiger partial charge in [0.2, 0.25) is 5.91 Å². The summed E-state index contributed by atoms with van der Waals surface area (Å²) < 4.78 is 19.8. The van der Waals surface area contributed by atoms with Gasteiger partial charge in [0.15, 0.2) is 11.6 Å². The van der Waals surface area contributed by atoms with Gasteiger partial charge in [0.25, 0.3) is 0 Å². The van der Waals surface area contributed by atoms with Crippen molar-refractivity contribution in [2.45, 2.75) is 44.7 Å². The van der Waals surface area contributed by atoms with Crippen molar-refractivity contribution in [1.29, 1.82) is 0 Å². The fraction of sp³-hybridized carbons (Fsp3) is 0.500. The summed E-state index contributed by atoms with van der Waals surface area (Å²) in [5, 5.41) is 3.30. The van der Waals surface area contributed by atoms with Crippen molar-refractivity contribution >= 4 is 5.91 Å². The summed E-state index contributed by atoms with van der Waals surface area (Å²) in [4.78, 5) is 19.5. The van der Waals surface area contributed by atoms with Crippen molar-refractivity contribution in [2.75, 3.05) is 20.2 Å². The normalized spacial score (nSPS) is 20.9. The van der Waals surface area contributed by atoms with Gasteiger partial charge >= 0.3 is 0 Å². The molecule has 2 heterocycles. The summed E-state index contributed by atoms with van der Waals surface area (Å²) >= 11 is 0. The van der Waals surface area contributed by atoms with Crippen LogP contribution in [-0.4, -0.2) is 36.0 Å². The number of carbonyl (C=O) groups excluding carboxylic acids is 1. The molecule has 1 aromatic carbocycles. The molecule has 0 bridgehead atoms. The van der Waals surface area contributed by atoms with Gasteiger partial charge in [0, 0.05) is 30.8 Å². The molecular weight excluding hydrogens is 381 g/mol. The minimum atomic E-state index is -0.290. The van der Waals surface area contributed by atoms with Crippen molar-refractivity contribution in [3.8, 4) is 5.75 Å². The molecule has 4 rings (SSSR count). The fourth-order valence-corrected chi connectivity index (χ4v) is 4.52. The second-order valence-corrected chi connectivity index (χ2v) is 8.44. The number of nitrogens with one attached hydrogen (secondary N) is 1. The van der Waals surface area contributed by atoms with Crippen LogP contribution in [0.5, 0.6) is 5.75 Å². The molecule has 1 saturated carbocycles. The first kappa shape index (κ1) is 20.8. The Morgan fingerprint density at radius 3 is 2.80 bits per heavy atom. The van der Waals surface area contributed by atoms with Gasteiger partial charge in [-0.05, 0) is 56.3 Å². The van der Waals surface area contributed by atoms with Crippen molar-refractivity contribution < 1.29 is 13.9 Å². The first-order valence-corrected chi connectivity index (χ1v) is 10.9. The van der Waals surface area contributed by atoms with Gasteiger partial charge in [0.1, 0.15) is 0 Å². The van der Waals surface area contributed by atoms with Gasteiger partial charge in [-0.15, -0.1) is 0 Å². The number of likely N-dealkylation sites (tertiary alicyclic amines) is 1. The Balaban J connectivity index is 1.49. The molecule has 1 aliphatic carbocycles. The smallest absolute Gasteiger partial charge is 0.223 e. The van der Waals surface area contributed by atoms with E-state index in [9.17, 15) is 9.18 Å². The minimum Gasteiger partial charge on any atom is -0.494 e. The first-order valence-electron chi connectivity index (χ1n) is 10.9. The van der Waals surface area contributed by atoms with Gasteiger partial charge < -0.3 is 10.1 Å². The highest BCUT2D eigenvalue weighted by atomic mass is 19.1. The van der Waals surface area contributed by atoms with E-state index < -0.39 is 0 Å². The number of ether oxygens (including phenoxy) is 1. The Bertz CT molecular complexity index is 857. The predicted molar refractivity (Wildman–Crippen MR) is 113 cm³/mol. The monoisotopic (exact) mass is 411 g/mol. The lowest BCUT2D eigenvalue weighted by Crippen LogP contribution is -2.45. The second kappa shape index (κ2) is 9.56. The minimum absolute atomic E-state index is 0.114. The van der Waals surface area contributed by atoms with E-state index in [2.05, 4.69) is 15.2 Å². The molecule has 1 saturated heterocycles. The van der Waals surface area contributed by atoms with Crippen LogP contribution in [0.1, 0.15) is 49.4 Å². The van der Waals surface area contributed by atoms with Gasteiger partial charge in [0.05, 0.1) is 18.8 Å². The topological polar surface area (TPSA) is 54.5 Å².